The number of sulfonamides is 1. The van der Waals surface area contributed by atoms with Gasteiger partial charge in [-0.1, -0.05) is 6.07 Å². The highest BCUT2D eigenvalue weighted by Crippen LogP contribution is 2.34. The third-order valence-corrected chi connectivity index (χ3v) is 7.21. The predicted molar refractivity (Wildman–Crippen MR) is 138 cm³/mol. The van der Waals surface area contributed by atoms with E-state index in [1.165, 1.54) is 25.4 Å². The topological polar surface area (TPSA) is 141 Å². The van der Waals surface area contributed by atoms with Crippen LogP contribution in [-0.4, -0.2) is 71.8 Å². The van der Waals surface area contributed by atoms with Gasteiger partial charge in [0, 0.05) is 55.9 Å². The number of pyridine rings is 1. The highest BCUT2D eigenvalue weighted by molar-refractivity contribution is 7.92. The molecule has 1 fully saturated rings. The summed E-state index contributed by atoms with van der Waals surface area (Å²) in [5, 5.41) is 15.1. The van der Waals surface area contributed by atoms with Gasteiger partial charge in [-0.15, -0.1) is 0 Å². The van der Waals surface area contributed by atoms with Gasteiger partial charge in [0.2, 0.25) is 16.0 Å². The minimum Gasteiger partial charge on any atom is -0.391 e. The number of halogens is 3. The van der Waals surface area contributed by atoms with Gasteiger partial charge in [-0.2, -0.15) is 18.2 Å². The number of aliphatic hydroxyl groups excluding tert-OH is 1. The van der Waals surface area contributed by atoms with Crippen LogP contribution in [0.25, 0.3) is 0 Å². The smallest absolute Gasteiger partial charge is 0.391 e. The van der Waals surface area contributed by atoms with Gasteiger partial charge in [0.25, 0.3) is 5.91 Å². The summed E-state index contributed by atoms with van der Waals surface area (Å²) < 4.78 is 65.9. The molecule has 1 unspecified atom stereocenters. The van der Waals surface area contributed by atoms with Gasteiger partial charge in [-0.05, 0) is 36.8 Å². The van der Waals surface area contributed by atoms with Crippen LogP contribution in [0.3, 0.4) is 0 Å². The Morgan fingerprint density at radius 2 is 1.92 bits per heavy atom. The standard InChI is InChI=1S/C24H26F3N7O4S/c1-33(39(2,37)38)21-16(4-3-10-28-21)12-29-20-19(24(25,26)27)13-30-23(32-20)31-17-7-5-15(6-8-17)22(36)34-11-9-18(35)14-34/h3-8,10,13,18,35H,9,11-12,14H2,1-2H3,(H2,29,30,31,32). The Morgan fingerprint density at radius 1 is 1.21 bits per heavy atom. The molecule has 0 radical (unpaired) electrons. The molecule has 1 amide bonds. The zero-order valence-electron chi connectivity index (χ0n) is 21.0. The molecule has 3 heterocycles. The van der Waals surface area contributed by atoms with Crippen molar-refractivity contribution in [2.75, 3.05) is 41.3 Å². The van der Waals surface area contributed by atoms with Crippen molar-refractivity contribution < 1.29 is 31.5 Å². The number of nitrogens with zero attached hydrogens (tertiary/aromatic N) is 5. The van der Waals surface area contributed by atoms with E-state index in [1.807, 2.05) is 0 Å². The van der Waals surface area contributed by atoms with Crippen LogP contribution in [0.1, 0.15) is 27.9 Å². The Bertz CT molecular complexity index is 1450. The number of hydrogen-bond donors (Lipinski definition) is 3. The molecule has 0 saturated carbocycles. The monoisotopic (exact) mass is 565 g/mol. The van der Waals surface area contributed by atoms with Crippen LogP contribution in [0, 0.1) is 0 Å². The number of amides is 1. The molecular weight excluding hydrogens is 539 g/mol. The van der Waals surface area contributed by atoms with Crippen molar-refractivity contribution in [1.29, 1.82) is 0 Å². The largest absolute Gasteiger partial charge is 0.421 e. The van der Waals surface area contributed by atoms with Gasteiger partial charge in [-0.25, -0.2) is 18.4 Å². The van der Waals surface area contributed by atoms with Crippen molar-refractivity contribution in [3.05, 3.63) is 65.5 Å². The average molecular weight is 566 g/mol. The number of carbonyl (C=O) groups is 1. The third kappa shape index (κ3) is 6.72. The van der Waals surface area contributed by atoms with E-state index >= 15 is 0 Å². The number of hydrogen-bond acceptors (Lipinski definition) is 9. The molecular formula is C24H26F3N7O4S. The minimum absolute atomic E-state index is 0.0616. The van der Waals surface area contributed by atoms with Crippen molar-refractivity contribution in [3.63, 3.8) is 0 Å². The maximum absolute atomic E-state index is 13.7. The number of carbonyl (C=O) groups excluding carboxylic acids is 1. The van der Waals surface area contributed by atoms with Crippen molar-refractivity contribution in [2.24, 2.45) is 0 Å². The summed E-state index contributed by atoms with van der Waals surface area (Å²) in [4.78, 5) is 25.9. The summed E-state index contributed by atoms with van der Waals surface area (Å²) in [5.74, 6) is -0.818. The first-order valence-electron chi connectivity index (χ1n) is 11.7. The Morgan fingerprint density at radius 3 is 2.54 bits per heavy atom. The molecule has 15 heteroatoms. The summed E-state index contributed by atoms with van der Waals surface area (Å²) in [6.07, 6.45) is -1.78. The number of anilines is 4. The molecule has 3 N–H and O–H groups in total. The van der Waals surface area contributed by atoms with Gasteiger partial charge < -0.3 is 20.6 Å². The van der Waals surface area contributed by atoms with Crippen LogP contribution in [0.2, 0.25) is 0 Å². The van der Waals surface area contributed by atoms with E-state index in [-0.39, 0.29) is 30.8 Å². The molecule has 4 rings (SSSR count). The summed E-state index contributed by atoms with van der Waals surface area (Å²) in [7, 11) is -2.36. The molecule has 1 aromatic carbocycles. The molecule has 1 aliphatic rings. The SMILES string of the molecule is CN(c1ncccc1CNc1nc(Nc2ccc(C(=O)N3CCC(O)C3)cc2)ncc1C(F)(F)F)S(C)(=O)=O. The molecule has 0 bridgehead atoms. The van der Waals surface area contributed by atoms with Gasteiger partial charge >= 0.3 is 6.18 Å². The quantitative estimate of drug-likeness (QED) is 0.376. The number of aliphatic hydroxyl groups is 1. The van der Waals surface area contributed by atoms with Crippen LogP contribution >= 0.6 is 0 Å². The lowest BCUT2D eigenvalue weighted by Crippen LogP contribution is -2.29. The highest BCUT2D eigenvalue weighted by Gasteiger charge is 2.35. The van der Waals surface area contributed by atoms with Crippen LogP contribution in [0.15, 0.2) is 48.8 Å². The summed E-state index contributed by atoms with van der Waals surface area (Å²) >= 11 is 0. The molecule has 0 spiro atoms. The second kappa shape index (κ2) is 11.0. The highest BCUT2D eigenvalue weighted by atomic mass is 32.2. The van der Waals surface area contributed by atoms with Gasteiger partial charge in [0.05, 0.1) is 12.4 Å². The van der Waals surface area contributed by atoms with E-state index in [0.717, 1.165) is 10.6 Å². The van der Waals surface area contributed by atoms with Gasteiger partial charge in [-0.3, -0.25) is 9.10 Å². The maximum Gasteiger partial charge on any atom is 0.421 e. The Kier molecular flexibility index (Phi) is 7.92. The molecule has 39 heavy (non-hydrogen) atoms. The normalized spacial score (nSPS) is 15.7. The van der Waals surface area contributed by atoms with Crippen LogP contribution < -0.4 is 14.9 Å². The van der Waals surface area contributed by atoms with Crippen molar-refractivity contribution in [2.45, 2.75) is 25.2 Å². The fourth-order valence-electron chi connectivity index (χ4n) is 3.91. The van der Waals surface area contributed by atoms with E-state index < -0.39 is 33.7 Å². The van der Waals surface area contributed by atoms with E-state index in [0.29, 0.717) is 36.0 Å². The number of likely N-dealkylation sites (tertiary alicyclic amines) is 1. The molecule has 1 saturated heterocycles. The van der Waals surface area contributed by atoms with E-state index in [4.69, 9.17) is 0 Å². The zero-order chi connectivity index (χ0) is 28.4. The van der Waals surface area contributed by atoms with Crippen molar-refractivity contribution in [1.82, 2.24) is 19.9 Å². The lowest BCUT2D eigenvalue weighted by atomic mass is 10.2. The first kappa shape index (κ1) is 28.0. The van der Waals surface area contributed by atoms with Crippen LogP contribution in [0.5, 0.6) is 0 Å². The molecule has 208 valence electrons. The van der Waals surface area contributed by atoms with E-state index in [2.05, 4.69) is 25.6 Å². The Hall–Kier alpha value is -3.98. The lowest BCUT2D eigenvalue weighted by Gasteiger charge is -2.20. The molecule has 2 aromatic heterocycles. The van der Waals surface area contributed by atoms with Gasteiger partial charge in [0.15, 0.2) is 0 Å². The lowest BCUT2D eigenvalue weighted by molar-refractivity contribution is -0.137. The first-order chi connectivity index (χ1) is 18.3. The number of rotatable bonds is 8. The summed E-state index contributed by atoms with van der Waals surface area (Å²) in [6, 6.07) is 9.32. The number of β-amino-alcohol motifs (C(OH)–C–C–N with tert-alkyl or cyclic N) is 1. The van der Waals surface area contributed by atoms with Crippen LogP contribution in [-0.2, 0) is 22.7 Å². The second-order valence-corrected chi connectivity index (χ2v) is 10.9. The number of aromatic nitrogens is 3. The Labute approximate surface area is 222 Å². The fourth-order valence-corrected chi connectivity index (χ4v) is 4.38. The van der Waals surface area contributed by atoms with Crippen LogP contribution in [0.4, 0.5) is 36.4 Å². The van der Waals surface area contributed by atoms with E-state index in [1.54, 1.807) is 29.2 Å². The minimum atomic E-state index is -4.76. The first-order valence-corrected chi connectivity index (χ1v) is 13.6. The third-order valence-electron chi connectivity index (χ3n) is 6.04. The maximum atomic E-state index is 13.7. The molecule has 0 aliphatic carbocycles. The zero-order valence-corrected chi connectivity index (χ0v) is 21.8. The predicted octanol–water partition coefficient (Wildman–Crippen LogP) is 2.85. The molecule has 3 aromatic rings. The molecule has 1 atom stereocenters. The Balaban J connectivity index is 1.53. The molecule has 1 aliphatic heterocycles. The number of alkyl halides is 3. The fraction of sp³-hybridized carbons (Fsp3) is 0.333. The average Bonchev–Trinajstić information content (AvgIpc) is 3.32. The summed E-state index contributed by atoms with van der Waals surface area (Å²) in [5.41, 5.74) is 0.0564. The number of nitrogens with one attached hydrogen (secondary N) is 2. The molecule has 11 nitrogen and oxygen atoms in total. The second-order valence-electron chi connectivity index (χ2n) is 8.92. The van der Waals surface area contributed by atoms with E-state index in [9.17, 15) is 31.5 Å². The van der Waals surface area contributed by atoms with Crippen molar-refractivity contribution >= 4 is 39.2 Å². The summed E-state index contributed by atoms with van der Waals surface area (Å²) in [6.45, 7) is 0.518. The van der Waals surface area contributed by atoms with Crippen molar-refractivity contribution in [3.8, 4) is 0 Å². The number of benzene rings is 1. The van der Waals surface area contributed by atoms with Gasteiger partial charge in [0.1, 0.15) is 17.2 Å².